The molecule has 0 amide bonds. The summed E-state index contributed by atoms with van der Waals surface area (Å²) >= 11 is 0. The van der Waals surface area contributed by atoms with Crippen LogP contribution in [0.5, 0.6) is 0 Å². The van der Waals surface area contributed by atoms with Crippen molar-refractivity contribution in [1.82, 2.24) is 5.32 Å². The Kier molecular flexibility index (Phi) is 4.39. The molecule has 0 saturated carbocycles. The van der Waals surface area contributed by atoms with Gasteiger partial charge in [0.1, 0.15) is 0 Å². The molecule has 0 spiro atoms. The summed E-state index contributed by atoms with van der Waals surface area (Å²) in [6.07, 6.45) is 0. The van der Waals surface area contributed by atoms with Crippen molar-refractivity contribution in [2.24, 2.45) is 0 Å². The van der Waals surface area contributed by atoms with Gasteiger partial charge in [0.15, 0.2) is 0 Å². The lowest BCUT2D eigenvalue weighted by Crippen LogP contribution is -2.00. The summed E-state index contributed by atoms with van der Waals surface area (Å²) in [7, 11) is 0. The first-order valence-corrected chi connectivity index (χ1v) is 3.45. The molecule has 4 heteroatoms. The minimum atomic E-state index is 0. The van der Waals surface area contributed by atoms with Crippen LogP contribution in [0.3, 0.4) is 0 Å². The van der Waals surface area contributed by atoms with E-state index in [1.54, 1.807) is 0 Å². The van der Waals surface area contributed by atoms with Crippen molar-refractivity contribution < 1.29 is 0 Å². The maximum Gasteiger partial charge on any atom is 0.0362 e. The monoisotopic (exact) mass is 206 g/mol. The number of rotatable bonds is 0. The molecule has 0 aromatic heterocycles. The van der Waals surface area contributed by atoms with E-state index in [1.165, 1.54) is 11.1 Å². The molecule has 0 aliphatic carbocycles. The van der Waals surface area contributed by atoms with Crippen molar-refractivity contribution in [3.8, 4) is 0 Å². The third-order valence-corrected chi connectivity index (χ3v) is 1.93. The largest absolute Gasteiger partial charge is 0.398 e. The third-order valence-electron chi connectivity index (χ3n) is 1.93. The zero-order chi connectivity index (χ0) is 6.97. The number of anilines is 1. The van der Waals surface area contributed by atoms with Crippen molar-refractivity contribution in [1.29, 1.82) is 0 Å². The van der Waals surface area contributed by atoms with E-state index in [1.807, 2.05) is 12.1 Å². The second-order valence-corrected chi connectivity index (χ2v) is 2.59. The fraction of sp³-hybridized carbons (Fsp3) is 0.250. The minimum Gasteiger partial charge on any atom is -0.398 e. The van der Waals surface area contributed by atoms with Crippen molar-refractivity contribution in [3.63, 3.8) is 0 Å². The standard InChI is InChI=1S/C8H10N2.2ClH/c9-8-3-1-2-6-4-10-5-7(6)8;;/h1-3,10H,4-5,9H2;2*1H. The predicted molar refractivity (Wildman–Crippen MR) is 55.9 cm³/mol. The summed E-state index contributed by atoms with van der Waals surface area (Å²) in [5.74, 6) is 0. The Bertz CT molecular complexity index is 263. The van der Waals surface area contributed by atoms with E-state index in [9.17, 15) is 0 Å². The summed E-state index contributed by atoms with van der Waals surface area (Å²) in [6, 6.07) is 6.07. The highest BCUT2D eigenvalue weighted by molar-refractivity contribution is 5.85. The number of benzene rings is 1. The van der Waals surface area contributed by atoms with E-state index < -0.39 is 0 Å². The quantitative estimate of drug-likeness (QED) is 0.635. The molecule has 2 rings (SSSR count). The number of fused-ring (bicyclic) bond motifs is 1. The molecule has 68 valence electrons. The van der Waals surface area contributed by atoms with Crippen LogP contribution in [0, 0.1) is 0 Å². The minimum absolute atomic E-state index is 0. The molecule has 3 N–H and O–H groups in total. The smallest absolute Gasteiger partial charge is 0.0362 e. The number of nitrogens with one attached hydrogen (secondary N) is 1. The number of nitrogens with two attached hydrogens (primary N) is 1. The van der Waals surface area contributed by atoms with Gasteiger partial charge in [-0.25, -0.2) is 0 Å². The van der Waals surface area contributed by atoms with Crippen LogP contribution >= 0.6 is 24.8 Å². The topological polar surface area (TPSA) is 38.0 Å². The highest BCUT2D eigenvalue weighted by atomic mass is 35.5. The molecule has 1 aliphatic heterocycles. The molecular formula is C8H12Cl2N2. The average Bonchev–Trinajstić information content (AvgIpc) is 2.36. The Morgan fingerprint density at radius 2 is 1.92 bits per heavy atom. The van der Waals surface area contributed by atoms with E-state index >= 15 is 0 Å². The molecule has 2 nitrogen and oxygen atoms in total. The van der Waals surface area contributed by atoms with Crippen LogP contribution in [0.25, 0.3) is 0 Å². The van der Waals surface area contributed by atoms with E-state index in [0.29, 0.717) is 0 Å². The van der Waals surface area contributed by atoms with E-state index in [0.717, 1.165) is 18.8 Å². The number of halogens is 2. The van der Waals surface area contributed by atoms with Gasteiger partial charge in [-0.2, -0.15) is 0 Å². The van der Waals surface area contributed by atoms with E-state index in [4.69, 9.17) is 5.73 Å². The Labute approximate surface area is 84.4 Å². The van der Waals surface area contributed by atoms with Gasteiger partial charge >= 0.3 is 0 Å². The lowest BCUT2D eigenvalue weighted by Gasteiger charge is -1.99. The molecule has 1 aliphatic rings. The summed E-state index contributed by atoms with van der Waals surface area (Å²) in [5, 5.41) is 3.25. The van der Waals surface area contributed by atoms with Crippen LogP contribution in [0.1, 0.15) is 11.1 Å². The van der Waals surface area contributed by atoms with Gasteiger partial charge in [0, 0.05) is 18.8 Å². The van der Waals surface area contributed by atoms with Crippen molar-refractivity contribution in [2.45, 2.75) is 13.1 Å². The Morgan fingerprint density at radius 1 is 1.17 bits per heavy atom. The van der Waals surface area contributed by atoms with Crippen LogP contribution in [0.15, 0.2) is 18.2 Å². The Hall–Kier alpha value is -0.440. The van der Waals surface area contributed by atoms with Gasteiger partial charge in [0.25, 0.3) is 0 Å². The highest BCUT2D eigenvalue weighted by Crippen LogP contribution is 2.20. The molecule has 1 aromatic carbocycles. The van der Waals surface area contributed by atoms with Crippen molar-refractivity contribution in [3.05, 3.63) is 29.3 Å². The van der Waals surface area contributed by atoms with Gasteiger partial charge < -0.3 is 11.1 Å². The zero-order valence-electron chi connectivity index (χ0n) is 6.54. The fourth-order valence-electron chi connectivity index (χ4n) is 1.36. The van der Waals surface area contributed by atoms with Crippen LogP contribution in [0.4, 0.5) is 5.69 Å². The molecule has 12 heavy (non-hydrogen) atoms. The molecular weight excluding hydrogens is 195 g/mol. The zero-order valence-corrected chi connectivity index (χ0v) is 8.17. The summed E-state index contributed by atoms with van der Waals surface area (Å²) < 4.78 is 0. The maximum atomic E-state index is 5.73. The van der Waals surface area contributed by atoms with Gasteiger partial charge in [-0.3, -0.25) is 0 Å². The summed E-state index contributed by atoms with van der Waals surface area (Å²) in [5.41, 5.74) is 9.28. The molecule has 0 radical (unpaired) electrons. The second kappa shape index (κ2) is 4.55. The fourth-order valence-corrected chi connectivity index (χ4v) is 1.36. The molecule has 0 unspecified atom stereocenters. The first-order valence-electron chi connectivity index (χ1n) is 3.45. The Balaban J connectivity index is 0.000000605. The molecule has 0 bridgehead atoms. The van der Waals surface area contributed by atoms with Gasteiger partial charge in [-0.05, 0) is 17.2 Å². The number of hydrogen-bond acceptors (Lipinski definition) is 2. The lowest BCUT2D eigenvalue weighted by atomic mass is 10.1. The van der Waals surface area contributed by atoms with E-state index in [-0.39, 0.29) is 24.8 Å². The maximum absolute atomic E-state index is 5.73. The van der Waals surface area contributed by atoms with Crippen molar-refractivity contribution >= 4 is 30.5 Å². The van der Waals surface area contributed by atoms with Gasteiger partial charge in [0.05, 0.1) is 0 Å². The van der Waals surface area contributed by atoms with Gasteiger partial charge in [0.2, 0.25) is 0 Å². The highest BCUT2D eigenvalue weighted by Gasteiger charge is 2.10. The summed E-state index contributed by atoms with van der Waals surface area (Å²) in [6.45, 7) is 1.91. The molecule has 1 heterocycles. The first-order chi connectivity index (χ1) is 4.88. The van der Waals surface area contributed by atoms with Crippen molar-refractivity contribution in [2.75, 3.05) is 5.73 Å². The number of nitrogen functional groups attached to an aromatic ring is 1. The predicted octanol–water partition coefficient (Wildman–Crippen LogP) is 1.72. The molecule has 1 aromatic rings. The van der Waals surface area contributed by atoms with Crippen LogP contribution in [-0.4, -0.2) is 0 Å². The molecule has 0 fully saturated rings. The SMILES string of the molecule is Cl.Cl.Nc1cccc2c1CNC2. The van der Waals surface area contributed by atoms with Crippen LogP contribution < -0.4 is 11.1 Å². The summed E-state index contributed by atoms with van der Waals surface area (Å²) in [4.78, 5) is 0. The Morgan fingerprint density at radius 3 is 2.58 bits per heavy atom. The third kappa shape index (κ3) is 1.83. The first kappa shape index (κ1) is 11.6. The molecule has 0 atom stereocenters. The van der Waals surface area contributed by atoms with Crippen LogP contribution in [0.2, 0.25) is 0 Å². The number of hydrogen-bond donors (Lipinski definition) is 2. The second-order valence-electron chi connectivity index (χ2n) is 2.59. The van der Waals surface area contributed by atoms with Gasteiger partial charge in [-0.15, -0.1) is 24.8 Å². The average molecular weight is 207 g/mol. The van der Waals surface area contributed by atoms with E-state index in [2.05, 4.69) is 11.4 Å². The van der Waals surface area contributed by atoms with Crippen LogP contribution in [-0.2, 0) is 13.1 Å². The normalized spacial score (nSPS) is 12.7. The molecule has 0 saturated heterocycles. The lowest BCUT2D eigenvalue weighted by molar-refractivity contribution is 0.765. The van der Waals surface area contributed by atoms with Gasteiger partial charge in [-0.1, -0.05) is 12.1 Å².